The van der Waals surface area contributed by atoms with Gasteiger partial charge in [0.15, 0.2) is 0 Å². The van der Waals surface area contributed by atoms with Crippen molar-refractivity contribution in [3.05, 3.63) is 75.6 Å². The van der Waals surface area contributed by atoms with E-state index in [1.807, 2.05) is 43.3 Å². The summed E-state index contributed by atoms with van der Waals surface area (Å²) in [7, 11) is 0. The van der Waals surface area contributed by atoms with Crippen molar-refractivity contribution in [1.82, 2.24) is 5.32 Å². The number of nitrogens with one attached hydrogen (secondary N) is 1. The van der Waals surface area contributed by atoms with Gasteiger partial charge in [-0.05, 0) is 43.0 Å². The summed E-state index contributed by atoms with van der Waals surface area (Å²) in [5.41, 5.74) is 2.44. The van der Waals surface area contributed by atoms with E-state index in [1.165, 1.54) is 6.07 Å². The summed E-state index contributed by atoms with van der Waals surface area (Å²) in [5, 5.41) is 3.46. The Kier molecular flexibility index (Phi) is 8.02. The summed E-state index contributed by atoms with van der Waals surface area (Å²) in [6.07, 6.45) is 1.66. The predicted octanol–water partition coefficient (Wildman–Crippen LogP) is 4.67. The van der Waals surface area contributed by atoms with Gasteiger partial charge in [-0.1, -0.05) is 43.7 Å². The van der Waals surface area contributed by atoms with E-state index >= 15 is 0 Å². The molecule has 0 spiro atoms. The molecular weight excluding hydrogens is 410 g/mol. The van der Waals surface area contributed by atoms with Gasteiger partial charge in [-0.25, -0.2) is 9.59 Å². The number of fused-ring (bicyclic) bond motifs is 1. The number of ether oxygens (including phenoxy) is 2. The molecule has 0 radical (unpaired) electrons. The van der Waals surface area contributed by atoms with Gasteiger partial charge in [0, 0.05) is 30.0 Å². The number of alkyl carbamates (subject to hydrolysis) is 1. The van der Waals surface area contributed by atoms with Crippen molar-refractivity contribution >= 4 is 23.0 Å². The molecule has 0 aliphatic heterocycles. The Hall–Kier alpha value is -3.61. The number of carbonyl (C=O) groups excluding carboxylic acids is 2. The fourth-order valence-electron chi connectivity index (χ4n) is 3.37. The molecule has 7 nitrogen and oxygen atoms in total. The molecule has 0 aliphatic carbocycles. The van der Waals surface area contributed by atoms with Crippen LogP contribution in [-0.4, -0.2) is 18.6 Å². The quantitative estimate of drug-likeness (QED) is 0.226. The van der Waals surface area contributed by atoms with Crippen molar-refractivity contribution in [1.29, 1.82) is 0 Å². The highest BCUT2D eigenvalue weighted by atomic mass is 16.5. The zero-order valence-electron chi connectivity index (χ0n) is 18.3. The monoisotopic (exact) mass is 437 g/mol. The van der Waals surface area contributed by atoms with Crippen molar-refractivity contribution in [2.75, 3.05) is 6.54 Å². The Morgan fingerprint density at radius 2 is 1.88 bits per heavy atom. The Balaban J connectivity index is 1.49. The minimum absolute atomic E-state index is 0.121. The Morgan fingerprint density at radius 1 is 1.09 bits per heavy atom. The second-order valence-electron chi connectivity index (χ2n) is 7.47. The minimum atomic E-state index is -0.537. The van der Waals surface area contributed by atoms with Crippen LogP contribution < -0.4 is 15.7 Å². The standard InChI is InChI=1S/C25H27NO6/c1-3-8-19-15-23(28)32-24-17(2)21(13-12-20(19)24)31-22(27)11-7-14-26-25(29)30-16-18-9-5-4-6-10-18/h4-6,9-10,12-13,15H,3,7-8,11,14,16H2,1-2H3,(H,26,29). The highest BCUT2D eigenvalue weighted by Gasteiger charge is 2.14. The van der Waals surface area contributed by atoms with Crippen LogP contribution in [0.3, 0.4) is 0 Å². The summed E-state index contributed by atoms with van der Waals surface area (Å²) in [6, 6.07) is 14.4. The van der Waals surface area contributed by atoms with Crippen molar-refractivity contribution in [3.8, 4) is 5.75 Å². The third kappa shape index (κ3) is 6.20. The number of rotatable bonds is 9. The summed E-state index contributed by atoms with van der Waals surface area (Å²) < 4.78 is 16.0. The van der Waals surface area contributed by atoms with E-state index in [0.29, 0.717) is 23.3 Å². The third-order valence-corrected chi connectivity index (χ3v) is 4.98. The van der Waals surface area contributed by atoms with Crippen LogP contribution in [0.25, 0.3) is 11.0 Å². The summed E-state index contributed by atoms with van der Waals surface area (Å²) in [6.45, 7) is 4.27. The number of hydrogen-bond donors (Lipinski definition) is 1. The fourth-order valence-corrected chi connectivity index (χ4v) is 3.37. The van der Waals surface area contributed by atoms with E-state index in [1.54, 1.807) is 13.0 Å². The lowest BCUT2D eigenvalue weighted by atomic mass is 10.0. The Morgan fingerprint density at radius 3 is 2.62 bits per heavy atom. The SMILES string of the molecule is CCCc1cc(=O)oc2c(C)c(OC(=O)CCCNC(=O)OCc3ccccc3)ccc12. The highest BCUT2D eigenvalue weighted by Crippen LogP contribution is 2.29. The first kappa shape index (κ1) is 23.1. The van der Waals surface area contributed by atoms with Crippen LogP contribution in [0.5, 0.6) is 5.75 Å². The van der Waals surface area contributed by atoms with Gasteiger partial charge in [-0.2, -0.15) is 0 Å². The van der Waals surface area contributed by atoms with Crippen LogP contribution in [0.15, 0.2) is 57.7 Å². The molecule has 2 aromatic carbocycles. The maximum absolute atomic E-state index is 12.2. The molecule has 0 fully saturated rings. The highest BCUT2D eigenvalue weighted by molar-refractivity contribution is 5.86. The molecule has 7 heteroatoms. The molecule has 3 rings (SSSR count). The van der Waals surface area contributed by atoms with E-state index in [2.05, 4.69) is 5.32 Å². The maximum Gasteiger partial charge on any atom is 0.407 e. The molecule has 0 saturated heterocycles. The normalized spacial score (nSPS) is 10.7. The number of benzene rings is 2. The number of hydrogen-bond acceptors (Lipinski definition) is 6. The van der Waals surface area contributed by atoms with Crippen LogP contribution in [-0.2, 0) is 22.6 Å². The molecule has 1 N–H and O–H groups in total. The average molecular weight is 437 g/mol. The molecule has 1 heterocycles. The lowest BCUT2D eigenvalue weighted by molar-refractivity contribution is -0.134. The van der Waals surface area contributed by atoms with Gasteiger partial charge < -0.3 is 19.2 Å². The molecule has 0 unspecified atom stereocenters. The zero-order chi connectivity index (χ0) is 22.9. The smallest absolute Gasteiger partial charge is 0.407 e. The lowest BCUT2D eigenvalue weighted by Gasteiger charge is -2.11. The molecule has 1 amide bonds. The van der Waals surface area contributed by atoms with E-state index in [0.717, 1.165) is 29.4 Å². The summed E-state index contributed by atoms with van der Waals surface area (Å²) in [4.78, 5) is 35.9. The molecule has 1 aromatic heterocycles. The first-order valence-corrected chi connectivity index (χ1v) is 10.7. The predicted molar refractivity (Wildman–Crippen MR) is 121 cm³/mol. The van der Waals surface area contributed by atoms with E-state index in [4.69, 9.17) is 13.9 Å². The van der Waals surface area contributed by atoms with Crippen LogP contribution >= 0.6 is 0 Å². The van der Waals surface area contributed by atoms with E-state index < -0.39 is 17.7 Å². The molecular formula is C25H27NO6. The molecule has 0 bridgehead atoms. The van der Waals surface area contributed by atoms with Gasteiger partial charge in [-0.15, -0.1) is 0 Å². The number of carbonyl (C=O) groups is 2. The molecule has 0 atom stereocenters. The van der Waals surface area contributed by atoms with Gasteiger partial charge in [0.1, 0.15) is 17.9 Å². The third-order valence-electron chi connectivity index (χ3n) is 4.98. The Labute approximate surface area is 186 Å². The summed E-state index contributed by atoms with van der Waals surface area (Å²) in [5.74, 6) is -0.0755. The van der Waals surface area contributed by atoms with Crippen LogP contribution in [0.4, 0.5) is 4.79 Å². The Bertz CT molecular complexity index is 1140. The largest absolute Gasteiger partial charge is 0.445 e. The zero-order valence-corrected chi connectivity index (χ0v) is 18.3. The minimum Gasteiger partial charge on any atom is -0.445 e. The summed E-state index contributed by atoms with van der Waals surface area (Å²) >= 11 is 0. The second-order valence-corrected chi connectivity index (χ2v) is 7.47. The molecule has 0 saturated carbocycles. The van der Waals surface area contributed by atoms with E-state index in [-0.39, 0.29) is 19.6 Å². The van der Waals surface area contributed by atoms with Crippen molar-refractivity contribution in [2.24, 2.45) is 0 Å². The van der Waals surface area contributed by atoms with Crippen molar-refractivity contribution in [2.45, 2.75) is 46.1 Å². The molecule has 3 aromatic rings. The molecule has 0 aliphatic rings. The number of aryl methyl sites for hydroxylation is 2. The van der Waals surface area contributed by atoms with Gasteiger partial charge in [0.05, 0.1) is 0 Å². The van der Waals surface area contributed by atoms with Gasteiger partial charge >= 0.3 is 17.7 Å². The second kappa shape index (κ2) is 11.1. The van der Waals surface area contributed by atoms with Gasteiger partial charge in [-0.3, -0.25) is 4.79 Å². The number of amides is 1. The van der Waals surface area contributed by atoms with Crippen LogP contribution in [0, 0.1) is 6.92 Å². The van der Waals surface area contributed by atoms with Crippen molar-refractivity contribution in [3.63, 3.8) is 0 Å². The maximum atomic E-state index is 12.2. The molecule has 168 valence electrons. The molecule has 32 heavy (non-hydrogen) atoms. The van der Waals surface area contributed by atoms with E-state index in [9.17, 15) is 14.4 Å². The lowest BCUT2D eigenvalue weighted by Crippen LogP contribution is -2.26. The van der Waals surface area contributed by atoms with Gasteiger partial charge in [0.25, 0.3) is 0 Å². The number of esters is 1. The topological polar surface area (TPSA) is 94.8 Å². The first-order valence-electron chi connectivity index (χ1n) is 10.7. The van der Waals surface area contributed by atoms with Crippen molar-refractivity contribution < 1.29 is 23.5 Å². The van der Waals surface area contributed by atoms with Crippen LogP contribution in [0.1, 0.15) is 42.9 Å². The fraction of sp³-hybridized carbons (Fsp3) is 0.320. The average Bonchev–Trinajstić information content (AvgIpc) is 2.78. The first-order chi connectivity index (χ1) is 15.5. The van der Waals surface area contributed by atoms with Crippen LogP contribution in [0.2, 0.25) is 0 Å². The van der Waals surface area contributed by atoms with Gasteiger partial charge in [0.2, 0.25) is 0 Å².